The molecule has 0 radical (unpaired) electrons. The summed E-state index contributed by atoms with van der Waals surface area (Å²) in [6.07, 6.45) is -2.45. The molecule has 1 unspecified atom stereocenters. The second-order valence-corrected chi connectivity index (χ2v) is 4.18. The van der Waals surface area contributed by atoms with Gasteiger partial charge in [0.15, 0.2) is 0 Å². The minimum atomic E-state index is -2.51. The van der Waals surface area contributed by atoms with Crippen molar-refractivity contribution in [2.75, 3.05) is 18.9 Å². The van der Waals surface area contributed by atoms with Gasteiger partial charge in [-0.2, -0.15) is 0 Å². The van der Waals surface area contributed by atoms with Gasteiger partial charge in [0, 0.05) is 12.1 Å². The van der Waals surface area contributed by atoms with E-state index in [9.17, 15) is 13.6 Å². The van der Waals surface area contributed by atoms with Crippen LogP contribution in [0.3, 0.4) is 0 Å². The molecule has 0 aliphatic heterocycles. The summed E-state index contributed by atoms with van der Waals surface area (Å²) in [4.78, 5) is 11.5. The monoisotopic (exact) mass is 272 g/mol. The van der Waals surface area contributed by atoms with E-state index in [0.29, 0.717) is 5.69 Å². The molecule has 0 aliphatic rings. The van der Waals surface area contributed by atoms with Gasteiger partial charge >= 0.3 is 0 Å². The third kappa shape index (κ3) is 6.15. The summed E-state index contributed by atoms with van der Waals surface area (Å²) in [6.45, 7) is 1.17. The largest absolute Gasteiger partial charge is 0.399 e. The highest BCUT2D eigenvalue weighted by Gasteiger charge is 2.10. The Morgan fingerprint density at radius 1 is 1.47 bits per heavy atom. The van der Waals surface area contributed by atoms with Crippen molar-refractivity contribution in [3.8, 4) is 0 Å². The lowest BCUT2D eigenvalue weighted by Crippen LogP contribution is -2.27. The van der Waals surface area contributed by atoms with Gasteiger partial charge in [-0.3, -0.25) is 4.79 Å². The molecule has 1 amide bonds. The number of hydrogen-bond donors (Lipinski definition) is 2. The number of ether oxygens (including phenoxy) is 1. The lowest BCUT2D eigenvalue weighted by atomic mass is 10.1. The number of nitrogen functional groups attached to an aromatic ring is 1. The molecule has 0 saturated heterocycles. The zero-order valence-electron chi connectivity index (χ0n) is 10.7. The number of anilines is 1. The summed E-state index contributed by atoms with van der Waals surface area (Å²) in [6, 6.07) is 7.01. The molecular formula is C13H18F2N2O2. The Labute approximate surface area is 110 Å². The molecule has 1 rings (SSSR count). The number of benzene rings is 1. The molecule has 3 N–H and O–H groups in total. The van der Waals surface area contributed by atoms with Crippen LogP contribution >= 0.6 is 0 Å². The summed E-state index contributed by atoms with van der Waals surface area (Å²) < 4.78 is 28.2. The van der Waals surface area contributed by atoms with E-state index < -0.39 is 13.0 Å². The molecule has 106 valence electrons. The zero-order chi connectivity index (χ0) is 14.3. The SMILES string of the molecule is CC(NC(=O)CCOCC(F)F)c1cccc(N)c1. The van der Waals surface area contributed by atoms with E-state index in [1.54, 1.807) is 18.2 Å². The predicted molar refractivity (Wildman–Crippen MR) is 68.9 cm³/mol. The fraction of sp³-hybridized carbons (Fsp3) is 0.462. The number of nitrogens with two attached hydrogens (primary N) is 1. The number of alkyl halides is 2. The first kappa shape index (κ1) is 15.4. The highest BCUT2D eigenvalue weighted by Crippen LogP contribution is 2.15. The lowest BCUT2D eigenvalue weighted by molar-refractivity contribution is -0.123. The first-order valence-corrected chi connectivity index (χ1v) is 5.99. The first-order valence-electron chi connectivity index (χ1n) is 5.99. The zero-order valence-corrected chi connectivity index (χ0v) is 10.7. The van der Waals surface area contributed by atoms with Gasteiger partial charge in [0.05, 0.1) is 12.6 Å². The fourth-order valence-corrected chi connectivity index (χ4v) is 1.56. The molecule has 0 aromatic heterocycles. The molecule has 1 aromatic rings. The lowest BCUT2D eigenvalue weighted by Gasteiger charge is -2.14. The van der Waals surface area contributed by atoms with Gasteiger partial charge in [0.25, 0.3) is 6.43 Å². The highest BCUT2D eigenvalue weighted by molar-refractivity contribution is 5.76. The van der Waals surface area contributed by atoms with Crippen LogP contribution in [0.5, 0.6) is 0 Å². The number of hydrogen-bond acceptors (Lipinski definition) is 3. The number of rotatable bonds is 7. The molecule has 0 bridgehead atoms. The Bertz CT molecular complexity index is 413. The minimum Gasteiger partial charge on any atom is -0.399 e. The maximum absolute atomic E-state index is 11.8. The van der Waals surface area contributed by atoms with E-state index >= 15 is 0 Å². The van der Waals surface area contributed by atoms with Crippen molar-refractivity contribution in [1.82, 2.24) is 5.32 Å². The van der Waals surface area contributed by atoms with Crippen LogP contribution in [0.1, 0.15) is 24.9 Å². The van der Waals surface area contributed by atoms with Crippen molar-refractivity contribution in [3.63, 3.8) is 0 Å². The second-order valence-electron chi connectivity index (χ2n) is 4.18. The van der Waals surface area contributed by atoms with Gasteiger partial charge in [-0.15, -0.1) is 0 Å². The third-order valence-corrected chi connectivity index (χ3v) is 2.51. The molecule has 1 atom stereocenters. The van der Waals surface area contributed by atoms with Gasteiger partial charge in [-0.1, -0.05) is 12.1 Å². The van der Waals surface area contributed by atoms with Gasteiger partial charge in [-0.05, 0) is 24.6 Å². The number of nitrogens with one attached hydrogen (secondary N) is 1. The standard InChI is InChI=1S/C13H18F2N2O2/c1-9(10-3-2-4-11(16)7-10)17-13(18)5-6-19-8-12(14)15/h2-4,7,9,12H,5-6,8,16H2,1H3,(H,17,18). The normalized spacial score (nSPS) is 12.4. The molecule has 0 spiro atoms. The van der Waals surface area contributed by atoms with Gasteiger partial charge in [0.2, 0.25) is 5.91 Å². The molecule has 0 aliphatic carbocycles. The average molecular weight is 272 g/mol. The molecule has 0 heterocycles. The average Bonchev–Trinajstić information content (AvgIpc) is 2.34. The van der Waals surface area contributed by atoms with Gasteiger partial charge in [-0.25, -0.2) is 8.78 Å². The van der Waals surface area contributed by atoms with Crippen molar-refractivity contribution in [1.29, 1.82) is 0 Å². The molecular weight excluding hydrogens is 254 g/mol. The maximum atomic E-state index is 11.8. The van der Waals surface area contributed by atoms with Gasteiger partial charge < -0.3 is 15.8 Å². The number of carbonyl (C=O) groups excluding carboxylic acids is 1. The van der Waals surface area contributed by atoms with E-state index in [4.69, 9.17) is 5.73 Å². The van der Waals surface area contributed by atoms with E-state index in [2.05, 4.69) is 10.1 Å². The smallest absolute Gasteiger partial charge is 0.261 e. The van der Waals surface area contributed by atoms with Crippen LogP contribution in [-0.2, 0) is 9.53 Å². The van der Waals surface area contributed by atoms with Crippen LogP contribution in [0.15, 0.2) is 24.3 Å². The van der Waals surface area contributed by atoms with Crippen molar-refractivity contribution in [2.24, 2.45) is 0 Å². The third-order valence-electron chi connectivity index (χ3n) is 2.51. The minimum absolute atomic E-state index is 0.0141. The van der Waals surface area contributed by atoms with E-state index in [-0.39, 0.29) is 25.0 Å². The summed E-state index contributed by atoms with van der Waals surface area (Å²) in [5.41, 5.74) is 7.16. The molecule has 6 heteroatoms. The second kappa shape index (κ2) is 7.68. The van der Waals surface area contributed by atoms with Crippen LogP contribution in [-0.4, -0.2) is 25.5 Å². The van der Waals surface area contributed by atoms with Crippen molar-refractivity contribution in [2.45, 2.75) is 25.8 Å². The Kier molecular flexibility index (Phi) is 6.21. The molecule has 19 heavy (non-hydrogen) atoms. The summed E-state index contributed by atoms with van der Waals surface area (Å²) >= 11 is 0. The van der Waals surface area contributed by atoms with Gasteiger partial charge in [0.1, 0.15) is 6.61 Å². The Balaban J connectivity index is 2.32. The van der Waals surface area contributed by atoms with Crippen LogP contribution in [0.4, 0.5) is 14.5 Å². The topological polar surface area (TPSA) is 64.3 Å². The van der Waals surface area contributed by atoms with Crippen molar-refractivity contribution < 1.29 is 18.3 Å². The van der Waals surface area contributed by atoms with Crippen molar-refractivity contribution >= 4 is 11.6 Å². The Morgan fingerprint density at radius 2 is 2.21 bits per heavy atom. The molecule has 0 saturated carbocycles. The maximum Gasteiger partial charge on any atom is 0.261 e. The highest BCUT2D eigenvalue weighted by atomic mass is 19.3. The Morgan fingerprint density at radius 3 is 2.84 bits per heavy atom. The van der Waals surface area contributed by atoms with E-state index in [1.165, 1.54) is 0 Å². The number of amides is 1. The fourth-order valence-electron chi connectivity index (χ4n) is 1.56. The van der Waals surface area contributed by atoms with E-state index in [0.717, 1.165) is 5.56 Å². The summed E-state index contributed by atoms with van der Waals surface area (Å²) in [7, 11) is 0. The quantitative estimate of drug-likeness (QED) is 0.590. The number of carbonyl (C=O) groups is 1. The molecule has 0 fully saturated rings. The van der Waals surface area contributed by atoms with Crippen LogP contribution in [0, 0.1) is 0 Å². The van der Waals surface area contributed by atoms with Crippen LogP contribution in [0.25, 0.3) is 0 Å². The van der Waals surface area contributed by atoms with Crippen LogP contribution in [0.2, 0.25) is 0 Å². The Hall–Kier alpha value is -1.69. The van der Waals surface area contributed by atoms with E-state index in [1.807, 2.05) is 13.0 Å². The molecule has 4 nitrogen and oxygen atoms in total. The van der Waals surface area contributed by atoms with Crippen molar-refractivity contribution in [3.05, 3.63) is 29.8 Å². The van der Waals surface area contributed by atoms with Crippen LogP contribution < -0.4 is 11.1 Å². The first-order chi connectivity index (χ1) is 8.99. The summed E-state index contributed by atoms with van der Waals surface area (Å²) in [5.74, 6) is -0.246. The predicted octanol–water partition coefficient (Wildman–Crippen LogP) is 2.12. The summed E-state index contributed by atoms with van der Waals surface area (Å²) in [5, 5.41) is 2.75. The number of halogens is 2. The molecule has 1 aromatic carbocycles.